The van der Waals surface area contributed by atoms with Crippen molar-refractivity contribution >= 4 is 11.9 Å². The van der Waals surface area contributed by atoms with E-state index in [0.717, 1.165) is 0 Å². The van der Waals surface area contributed by atoms with Gasteiger partial charge in [-0.05, 0) is 27.9 Å². The van der Waals surface area contributed by atoms with E-state index >= 15 is 0 Å². The van der Waals surface area contributed by atoms with Gasteiger partial charge in [0.25, 0.3) is 0 Å². The molecule has 1 aromatic heterocycles. The molecule has 9 heteroatoms. The number of aliphatic hydroxyl groups is 1. The van der Waals surface area contributed by atoms with E-state index < -0.39 is 5.60 Å². The minimum Gasteiger partial charge on any atom is -0.464 e. The van der Waals surface area contributed by atoms with Crippen LogP contribution in [0.1, 0.15) is 13.8 Å². The van der Waals surface area contributed by atoms with Gasteiger partial charge >= 0.3 is 6.01 Å². The monoisotopic (exact) mass is 285 g/mol. The number of hydrazine groups is 1. The molecule has 20 heavy (non-hydrogen) atoms. The third-order valence-corrected chi connectivity index (χ3v) is 2.30. The quantitative estimate of drug-likeness (QED) is 0.362. The summed E-state index contributed by atoms with van der Waals surface area (Å²) in [6.45, 7) is 4.78. The summed E-state index contributed by atoms with van der Waals surface area (Å²) in [4.78, 5) is 14.0. The van der Waals surface area contributed by atoms with Crippen LogP contribution in [0.4, 0.5) is 11.9 Å². The first-order chi connectivity index (χ1) is 9.36. The fourth-order valence-corrected chi connectivity index (χ4v) is 1.70. The second kappa shape index (κ2) is 7.17. The largest absolute Gasteiger partial charge is 0.464 e. The molecule has 114 valence electrons. The van der Waals surface area contributed by atoms with Gasteiger partial charge in [0, 0.05) is 13.1 Å². The lowest BCUT2D eigenvalue weighted by Gasteiger charge is -2.27. The highest BCUT2D eigenvalue weighted by atomic mass is 16.5. The molecule has 0 aliphatic heterocycles. The summed E-state index contributed by atoms with van der Waals surface area (Å²) in [6.07, 6.45) is 0. The van der Waals surface area contributed by atoms with Crippen LogP contribution in [0.3, 0.4) is 0 Å². The summed E-state index contributed by atoms with van der Waals surface area (Å²) in [5, 5.41) is 13.1. The van der Waals surface area contributed by atoms with E-state index in [1.165, 1.54) is 0 Å². The molecule has 0 radical (unpaired) electrons. The van der Waals surface area contributed by atoms with Crippen LogP contribution in [0.2, 0.25) is 0 Å². The molecule has 1 rings (SSSR count). The minimum atomic E-state index is -0.918. The Morgan fingerprint density at radius 2 is 1.95 bits per heavy atom. The van der Waals surface area contributed by atoms with Crippen LogP contribution < -0.4 is 21.3 Å². The third-order valence-electron chi connectivity index (χ3n) is 2.30. The van der Waals surface area contributed by atoms with E-state index in [2.05, 4.69) is 25.7 Å². The molecule has 1 unspecified atom stereocenters. The Bertz CT molecular complexity index is 425. The molecule has 0 saturated carbocycles. The second-order valence-corrected chi connectivity index (χ2v) is 4.93. The van der Waals surface area contributed by atoms with Gasteiger partial charge in [-0.25, -0.2) is 5.84 Å². The van der Waals surface area contributed by atoms with Crippen LogP contribution in [0.25, 0.3) is 0 Å². The molecule has 1 atom stereocenters. The SMILES string of the molecule is CCOc1nc(NN)nc(NCC(C)(O)CN(C)C)n1. The van der Waals surface area contributed by atoms with Gasteiger partial charge < -0.3 is 20.1 Å². The first kappa shape index (κ1) is 16.3. The van der Waals surface area contributed by atoms with Crippen molar-refractivity contribution in [1.29, 1.82) is 0 Å². The zero-order valence-electron chi connectivity index (χ0n) is 12.3. The molecule has 0 bridgehead atoms. The Balaban J connectivity index is 2.73. The van der Waals surface area contributed by atoms with Gasteiger partial charge in [0.05, 0.1) is 12.2 Å². The summed E-state index contributed by atoms with van der Waals surface area (Å²) in [7, 11) is 3.78. The van der Waals surface area contributed by atoms with Gasteiger partial charge in [-0.2, -0.15) is 15.0 Å². The van der Waals surface area contributed by atoms with E-state index in [-0.39, 0.29) is 24.5 Å². The molecule has 9 nitrogen and oxygen atoms in total. The highest BCUT2D eigenvalue weighted by Crippen LogP contribution is 2.12. The predicted molar refractivity (Wildman–Crippen MR) is 76.5 cm³/mol. The minimum absolute atomic E-state index is 0.171. The van der Waals surface area contributed by atoms with Gasteiger partial charge in [-0.15, -0.1) is 0 Å². The van der Waals surface area contributed by atoms with Crippen LogP contribution in [-0.2, 0) is 0 Å². The molecule has 1 heterocycles. The highest BCUT2D eigenvalue weighted by Gasteiger charge is 2.21. The van der Waals surface area contributed by atoms with E-state index in [9.17, 15) is 5.11 Å². The molecule has 0 spiro atoms. The standard InChI is InChI=1S/C11H23N7O2/c1-5-20-10-15-8(14-9(16-10)17-12)13-6-11(2,19)7-18(3)4/h19H,5-7,12H2,1-4H3,(H2,13,14,15,16,17). The van der Waals surface area contributed by atoms with Crippen LogP contribution in [-0.4, -0.2) is 64.4 Å². The highest BCUT2D eigenvalue weighted by molar-refractivity contribution is 5.35. The van der Waals surface area contributed by atoms with E-state index in [0.29, 0.717) is 13.2 Å². The summed E-state index contributed by atoms with van der Waals surface area (Å²) in [5.74, 6) is 5.77. The number of aromatic nitrogens is 3. The molecule has 0 aliphatic carbocycles. The average molecular weight is 285 g/mol. The number of nitrogen functional groups attached to an aromatic ring is 1. The molecular formula is C11H23N7O2. The first-order valence-electron chi connectivity index (χ1n) is 6.33. The normalized spacial score (nSPS) is 13.9. The number of hydrogen-bond donors (Lipinski definition) is 4. The number of rotatable bonds is 8. The maximum atomic E-state index is 10.2. The van der Waals surface area contributed by atoms with Crippen molar-refractivity contribution in [1.82, 2.24) is 19.9 Å². The van der Waals surface area contributed by atoms with Gasteiger partial charge in [0.1, 0.15) is 0 Å². The lowest BCUT2D eigenvalue weighted by Crippen LogP contribution is -2.43. The first-order valence-corrected chi connectivity index (χ1v) is 6.33. The lowest BCUT2D eigenvalue weighted by atomic mass is 10.1. The zero-order valence-corrected chi connectivity index (χ0v) is 12.3. The summed E-state index contributed by atoms with van der Waals surface area (Å²) >= 11 is 0. The molecule has 1 aromatic rings. The van der Waals surface area contributed by atoms with Gasteiger partial charge in [0.2, 0.25) is 11.9 Å². The number of anilines is 2. The van der Waals surface area contributed by atoms with Crippen molar-refractivity contribution < 1.29 is 9.84 Å². The van der Waals surface area contributed by atoms with E-state index in [1.807, 2.05) is 25.9 Å². The lowest BCUT2D eigenvalue weighted by molar-refractivity contribution is 0.0458. The molecule has 0 saturated heterocycles. The second-order valence-electron chi connectivity index (χ2n) is 4.93. The fraction of sp³-hybridized carbons (Fsp3) is 0.727. The van der Waals surface area contributed by atoms with Crippen molar-refractivity contribution in [3.63, 3.8) is 0 Å². The Kier molecular flexibility index (Phi) is 5.86. The zero-order chi connectivity index (χ0) is 15.2. The molecule has 0 aromatic carbocycles. The maximum Gasteiger partial charge on any atom is 0.323 e. The molecule has 0 aliphatic rings. The van der Waals surface area contributed by atoms with Crippen molar-refractivity contribution in [3.05, 3.63) is 0 Å². The van der Waals surface area contributed by atoms with Crippen LogP contribution in [0.15, 0.2) is 0 Å². The predicted octanol–water partition coefficient (Wildman–Crippen LogP) is -0.720. The number of hydrogen-bond acceptors (Lipinski definition) is 9. The Morgan fingerprint density at radius 1 is 1.30 bits per heavy atom. The van der Waals surface area contributed by atoms with Crippen molar-refractivity contribution in [3.8, 4) is 6.01 Å². The fourth-order valence-electron chi connectivity index (χ4n) is 1.70. The number of nitrogens with one attached hydrogen (secondary N) is 2. The van der Waals surface area contributed by atoms with Crippen LogP contribution in [0.5, 0.6) is 6.01 Å². The van der Waals surface area contributed by atoms with E-state index in [1.54, 1.807) is 6.92 Å². The molecule has 0 fully saturated rings. The third kappa shape index (κ3) is 5.51. The van der Waals surface area contributed by atoms with Gasteiger partial charge in [-0.3, -0.25) is 5.43 Å². The topological polar surface area (TPSA) is 121 Å². The van der Waals surface area contributed by atoms with Gasteiger partial charge in [-0.1, -0.05) is 0 Å². The molecule has 5 N–H and O–H groups in total. The Morgan fingerprint density at radius 3 is 2.50 bits per heavy atom. The summed E-state index contributed by atoms with van der Waals surface area (Å²) in [6, 6.07) is 0.171. The smallest absolute Gasteiger partial charge is 0.323 e. The summed E-state index contributed by atoms with van der Waals surface area (Å²) < 4.78 is 5.22. The van der Waals surface area contributed by atoms with E-state index in [4.69, 9.17) is 10.6 Å². The Labute approximate surface area is 118 Å². The van der Waals surface area contributed by atoms with Crippen LogP contribution >= 0.6 is 0 Å². The summed E-state index contributed by atoms with van der Waals surface area (Å²) in [5.41, 5.74) is 1.42. The van der Waals surface area contributed by atoms with Gasteiger partial charge in [0.15, 0.2) is 0 Å². The Hall–Kier alpha value is -1.71. The maximum absolute atomic E-state index is 10.2. The van der Waals surface area contributed by atoms with Crippen molar-refractivity contribution in [2.75, 3.05) is 44.5 Å². The molecular weight excluding hydrogens is 262 g/mol. The average Bonchev–Trinajstić information content (AvgIpc) is 2.35. The number of likely N-dealkylation sites (N-methyl/N-ethyl adjacent to an activating group) is 1. The number of nitrogens with zero attached hydrogens (tertiary/aromatic N) is 4. The number of nitrogens with two attached hydrogens (primary N) is 1. The van der Waals surface area contributed by atoms with Crippen molar-refractivity contribution in [2.45, 2.75) is 19.4 Å². The number of ether oxygens (including phenoxy) is 1. The van der Waals surface area contributed by atoms with Crippen LogP contribution in [0, 0.1) is 0 Å². The van der Waals surface area contributed by atoms with Crippen molar-refractivity contribution in [2.24, 2.45) is 5.84 Å². The molecule has 0 amide bonds.